The van der Waals surface area contributed by atoms with E-state index in [0.717, 1.165) is 0 Å². The molecule has 1 heterocycles. The molecule has 20 heavy (non-hydrogen) atoms. The van der Waals surface area contributed by atoms with E-state index in [-0.39, 0.29) is 11.5 Å². The molecule has 108 valence electrons. The van der Waals surface area contributed by atoms with E-state index in [9.17, 15) is 9.18 Å². The molecule has 0 atom stereocenters. The van der Waals surface area contributed by atoms with Crippen molar-refractivity contribution in [1.29, 1.82) is 0 Å². The van der Waals surface area contributed by atoms with Gasteiger partial charge in [0.2, 0.25) is 0 Å². The van der Waals surface area contributed by atoms with E-state index in [4.69, 9.17) is 18.0 Å². The molecule has 1 aliphatic rings. The highest BCUT2D eigenvalue weighted by atomic mass is 79.9. The summed E-state index contributed by atoms with van der Waals surface area (Å²) in [6.45, 7) is 3.04. The van der Waals surface area contributed by atoms with Gasteiger partial charge in [-0.1, -0.05) is 18.3 Å². The number of piperazine rings is 1. The van der Waals surface area contributed by atoms with Gasteiger partial charge in [-0.2, -0.15) is 0 Å². The van der Waals surface area contributed by atoms with E-state index in [1.54, 1.807) is 17.0 Å². The van der Waals surface area contributed by atoms with Crippen LogP contribution in [-0.2, 0) is 0 Å². The van der Waals surface area contributed by atoms with Gasteiger partial charge in [0.15, 0.2) is 0 Å². The molecule has 0 unspecified atom stereocenters. The number of nitrogens with zero attached hydrogens (tertiary/aromatic N) is 2. The molecule has 1 fully saturated rings. The van der Waals surface area contributed by atoms with Gasteiger partial charge in [-0.25, -0.2) is 4.39 Å². The second-order valence-corrected chi connectivity index (χ2v) is 6.01. The van der Waals surface area contributed by atoms with Crippen molar-refractivity contribution < 1.29 is 9.18 Å². The maximum Gasteiger partial charge on any atom is 0.256 e. The lowest BCUT2D eigenvalue weighted by atomic mass is 10.1. The second kappa shape index (κ2) is 6.60. The lowest BCUT2D eigenvalue weighted by Crippen LogP contribution is -2.50. The smallest absolute Gasteiger partial charge is 0.256 e. The Labute approximate surface area is 130 Å². The molecule has 1 aliphatic heterocycles. The van der Waals surface area contributed by atoms with Crippen LogP contribution in [-0.4, -0.2) is 53.4 Å². The highest BCUT2D eigenvalue weighted by Crippen LogP contribution is 2.20. The van der Waals surface area contributed by atoms with Crippen LogP contribution in [0.5, 0.6) is 0 Å². The zero-order valence-electron chi connectivity index (χ0n) is 10.8. The van der Waals surface area contributed by atoms with Crippen LogP contribution in [0.25, 0.3) is 0 Å². The third-order valence-corrected chi connectivity index (χ3v) is 3.96. The molecular formula is C13H15BrFN3OS. The summed E-state index contributed by atoms with van der Waals surface area (Å²) in [5, 5.41) is 0. The number of benzene rings is 1. The minimum atomic E-state index is -0.511. The Kier molecular flexibility index (Phi) is 5.06. The molecule has 0 bridgehead atoms. The van der Waals surface area contributed by atoms with E-state index in [0.29, 0.717) is 42.2 Å². The summed E-state index contributed by atoms with van der Waals surface area (Å²) in [6, 6.07) is 4.74. The van der Waals surface area contributed by atoms with E-state index in [1.807, 2.05) is 0 Å². The van der Waals surface area contributed by atoms with E-state index in [2.05, 4.69) is 20.8 Å². The molecule has 1 amide bonds. The lowest BCUT2D eigenvalue weighted by molar-refractivity contribution is 0.0649. The van der Waals surface area contributed by atoms with Gasteiger partial charge in [-0.3, -0.25) is 9.69 Å². The molecule has 1 aromatic carbocycles. The van der Waals surface area contributed by atoms with Crippen molar-refractivity contribution in [1.82, 2.24) is 9.80 Å². The van der Waals surface area contributed by atoms with Gasteiger partial charge in [0.05, 0.1) is 15.0 Å². The third kappa shape index (κ3) is 3.53. The minimum Gasteiger partial charge on any atom is -0.392 e. The van der Waals surface area contributed by atoms with Gasteiger partial charge in [0, 0.05) is 32.7 Å². The zero-order chi connectivity index (χ0) is 14.7. The fourth-order valence-electron chi connectivity index (χ4n) is 2.17. The molecule has 2 N–H and O–H groups in total. The van der Waals surface area contributed by atoms with Crippen molar-refractivity contribution in [2.24, 2.45) is 5.73 Å². The van der Waals surface area contributed by atoms with Crippen LogP contribution in [0.3, 0.4) is 0 Å². The number of hydrogen-bond acceptors (Lipinski definition) is 3. The summed E-state index contributed by atoms with van der Waals surface area (Å²) in [4.78, 5) is 16.5. The van der Waals surface area contributed by atoms with Gasteiger partial charge in [0.25, 0.3) is 5.91 Å². The van der Waals surface area contributed by atoms with Crippen LogP contribution in [0.4, 0.5) is 4.39 Å². The van der Waals surface area contributed by atoms with Gasteiger partial charge in [-0.15, -0.1) is 0 Å². The van der Waals surface area contributed by atoms with Crippen LogP contribution in [0.15, 0.2) is 22.7 Å². The zero-order valence-corrected chi connectivity index (χ0v) is 13.2. The van der Waals surface area contributed by atoms with Crippen LogP contribution < -0.4 is 5.73 Å². The average molecular weight is 360 g/mol. The van der Waals surface area contributed by atoms with Crippen molar-refractivity contribution in [3.8, 4) is 0 Å². The molecule has 7 heteroatoms. The van der Waals surface area contributed by atoms with Gasteiger partial charge in [-0.05, 0) is 28.1 Å². The first-order valence-electron chi connectivity index (χ1n) is 6.23. The van der Waals surface area contributed by atoms with Crippen LogP contribution in [0, 0.1) is 5.82 Å². The Morgan fingerprint density at radius 1 is 1.35 bits per heavy atom. The van der Waals surface area contributed by atoms with Crippen molar-refractivity contribution in [2.75, 3.05) is 32.7 Å². The highest BCUT2D eigenvalue weighted by Gasteiger charge is 2.24. The van der Waals surface area contributed by atoms with Crippen LogP contribution >= 0.6 is 28.1 Å². The molecule has 1 aromatic rings. The SMILES string of the molecule is NC(=S)CN1CCN(C(=O)c2cccc(Br)c2F)CC1. The number of thiocarbonyl (C=S) groups is 1. The number of amides is 1. The van der Waals surface area contributed by atoms with E-state index < -0.39 is 5.82 Å². The van der Waals surface area contributed by atoms with Crippen molar-refractivity contribution in [3.63, 3.8) is 0 Å². The van der Waals surface area contributed by atoms with Crippen molar-refractivity contribution in [3.05, 3.63) is 34.1 Å². The number of carbonyl (C=O) groups excluding carboxylic acids is 1. The Bertz CT molecular complexity index is 532. The monoisotopic (exact) mass is 359 g/mol. The predicted molar refractivity (Wildman–Crippen MR) is 83.2 cm³/mol. The molecule has 0 aromatic heterocycles. The number of carbonyl (C=O) groups is 1. The Hall–Kier alpha value is -1.05. The fourth-order valence-corrected chi connectivity index (χ4v) is 2.72. The molecule has 1 saturated heterocycles. The third-order valence-electron chi connectivity index (χ3n) is 3.22. The largest absolute Gasteiger partial charge is 0.392 e. The molecule has 2 rings (SSSR count). The topological polar surface area (TPSA) is 49.6 Å². The first-order chi connectivity index (χ1) is 9.49. The summed E-state index contributed by atoms with van der Waals surface area (Å²) >= 11 is 7.96. The normalized spacial score (nSPS) is 16.2. The Morgan fingerprint density at radius 2 is 2.00 bits per heavy atom. The standard InChI is InChI=1S/C13H15BrFN3OS/c14-10-3-1-2-9(12(10)15)13(19)18-6-4-17(5-7-18)8-11(16)20/h1-3H,4-8H2,(H2,16,20). The summed E-state index contributed by atoms with van der Waals surface area (Å²) in [6.07, 6.45) is 0. The van der Waals surface area contributed by atoms with Crippen LogP contribution in [0.1, 0.15) is 10.4 Å². The first kappa shape index (κ1) is 15.3. The summed E-state index contributed by atoms with van der Waals surface area (Å²) in [7, 11) is 0. The van der Waals surface area contributed by atoms with Gasteiger partial charge in [0.1, 0.15) is 5.82 Å². The van der Waals surface area contributed by atoms with Crippen molar-refractivity contribution in [2.45, 2.75) is 0 Å². The quantitative estimate of drug-likeness (QED) is 0.833. The molecule has 0 aliphatic carbocycles. The van der Waals surface area contributed by atoms with E-state index >= 15 is 0 Å². The molecule has 0 spiro atoms. The summed E-state index contributed by atoms with van der Waals surface area (Å²) in [5.41, 5.74) is 5.60. The Morgan fingerprint density at radius 3 is 2.60 bits per heavy atom. The van der Waals surface area contributed by atoms with Gasteiger partial charge >= 0.3 is 0 Å². The predicted octanol–water partition coefficient (Wildman–Crippen LogP) is 1.63. The minimum absolute atomic E-state index is 0.0992. The first-order valence-corrected chi connectivity index (χ1v) is 7.43. The maximum atomic E-state index is 13.9. The summed E-state index contributed by atoms with van der Waals surface area (Å²) < 4.78 is 14.2. The molecule has 0 radical (unpaired) electrons. The van der Waals surface area contributed by atoms with Crippen molar-refractivity contribution >= 4 is 39.0 Å². The Balaban J connectivity index is 2.02. The number of hydrogen-bond donors (Lipinski definition) is 1. The fraction of sp³-hybridized carbons (Fsp3) is 0.385. The maximum absolute atomic E-state index is 13.9. The number of nitrogens with two attached hydrogens (primary N) is 1. The van der Waals surface area contributed by atoms with Crippen LogP contribution in [0.2, 0.25) is 0 Å². The second-order valence-electron chi connectivity index (χ2n) is 4.64. The number of halogens is 2. The highest BCUT2D eigenvalue weighted by molar-refractivity contribution is 9.10. The number of rotatable bonds is 3. The molecule has 0 saturated carbocycles. The molecular weight excluding hydrogens is 345 g/mol. The van der Waals surface area contributed by atoms with E-state index in [1.165, 1.54) is 6.07 Å². The summed E-state index contributed by atoms with van der Waals surface area (Å²) in [5.74, 6) is -0.790. The average Bonchev–Trinajstić information content (AvgIpc) is 2.41. The lowest BCUT2D eigenvalue weighted by Gasteiger charge is -2.34. The molecule has 4 nitrogen and oxygen atoms in total. The van der Waals surface area contributed by atoms with Gasteiger partial charge < -0.3 is 10.6 Å².